The second kappa shape index (κ2) is 17.9. The lowest BCUT2D eigenvalue weighted by atomic mass is 10.1. The summed E-state index contributed by atoms with van der Waals surface area (Å²) in [4.78, 5) is 4.86. The maximum Gasteiger partial charge on any atom is 0.0409 e. The highest BCUT2D eigenvalue weighted by Gasteiger charge is 2.14. The lowest BCUT2D eigenvalue weighted by Crippen LogP contribution is -2.44. The minimum atomic E-state index is 0.155. The van der Waals surface area contributed by atoms with Crippen LogP contribution in [-0.2, 0) is 19.6 Å². The molecule has 0 aromatic heterocycles. The summed E-state index contributed by atoms with van der Waals surface area (Å²) in [5, 5.41) is 11.2. The summed E-state index contributed by atoms with van der Waals surface area (Å²) in [6.45, 7) is 26.9. The molecule has 6 heteroatoms. The average Bonchev–Trinajstić information content (AvgIpc) is 2.95. The number of anilines is 1. The Labute approximate surface area is 274 Å². The molecule has 0 atom stereocenters. The van der Waals surface area contributed by atoms with Crippen molar-refractivity contribution in [1.29, 1.82) is 0 Å². The molecule has 1 fully saturated rings. The quantitative estimate of drug-likeness (QED) is 0.249. The van der Waals surface area contributed by atoms with E-state index in [4.69, 9.17) is 11.6 Å². The molecule has 244 valence electrons. The topological polar surface area (TPSA) is 42.6 Å². The Morgan fingerprint density at radius 2 is 0.977 bits per heavy atom. The number of hydrogen-bond donors (Lipinski definition) is 3. The van der Waals surface area contributed by atoms with Crippen LogP contribution in [0, 0.1) is 0 Å². The number of hydrogen-bond acceptors (Lipinski definition) is 5. The number of piperazine rings is 1. The zero-order valence-electron chi connectivity index (χ0n) is 29.2. The van der Waals surface area contributed by atoms with Gasteiger partial charge >= 0.3 is 0 Å². The summed E-state index contributed by atoms with van der Waals surface area (Å²) in [6, 6.07) is 27.4. The number of nitrogens with zero attached hydrogens (tertiary/aromatic N) is 2. The van der Waals surface area contributed by atoms with Crippen LogP contribution in [0.3, 0.4) is 0 Å². The van der Waals surface area contributed by atoms with Crippen LogP contribution in [0.1, 0.15) is 79.0 Å². The Bertz CT molecular complexity index is 1180. The van der Waals surface area contributed by atoms with E-state index >= 15 is 0 Å². The van der Waals surface area contributed by atoms with Gasteiger partial charge in [0.05, 0.1) is 0 Å². The molecule has 3 aromatic rings. The largest absolute Gasteiger partial charge is 0.369 e. The second-order valence-electron chi connectivity index (χ2n) is 14.9. The molecule has 44 heavy (non-hydrogen) atoms. The first-order chi connectivity index (χ1) is 20.5. The van der Waals surface area contributed by atoms with Crippen molar-refractivity contribution in [3.8, 4) is 0 Å². The van der Waals surface area contributed by atoms with Crippen molar-refractivity contribution in [2.24, 2.45) is 0 Å². The molecule has 0 aliphatic carbocycles. The molecule has 5 nitrogen and oxygen atoms in total. The zero-order valence-corrected chi connectivity index (χ0v) is 30.0. The minimum Gasteiger partial charge on any atom is -0.369 e. The smallest absolute Gasteiger partial charge is 0.0409 e. The lowest BCUT2D eigenvalue weighted by molar-refractivity contribution is 0.313. The van der Waals surface area contributed by atoms with Crippen molar-refractivity contribution < 1.29 is 0 Å². The van der Waals surface area contributed by atoms with Crippen LogP contribution in [0.5, 0.6) is 0 Å². The predicted molar refractivity (Wildman–Crippen MR) is 194 cm³/mol. The van der Waals surface area contributed by atoms with Gasteiger partial charge in [-0.2, -0.15) is 0 Å². The summed E-state index contributed by atoms with van der Waals surface area (Å²) >= 11 is 5.87. The lowest BCUT2D eigenvalue weighted by Gasteiger charge is -2.34. The van der Waals surface area contributed by atoms with Gasteiger partial charge in [-0.1, -0.05) is 66.2 Å². The SMILES string of the molecule is CC(C)(C)NCc1cccc(Cl)c1.CC(C)(C)NCc1ccccc1.CN1CCN(c2ccc(CNC(C)(C)C)cc2)CC1. The molecular formula is C38H60ClN5. The third kappa shape index (κ3) is 17.8. The van der Waals surface area contributed by atoms with E-state index in [1.54, 1.807) is 0 Å². The van der Waals surface area contributed by atoms with E-state index in [0.717, 1.165) is 50.8 Å². The normalized spacial score (nSPS) is 14.3. The summed E-state index contributed by atoms with van der Waals surface area (Å²) < 4.78 is 0. The van der Waals surface area contributed by atoms with Crippen molar-refractivity contribution in [3.63, 3.8) is 0 Å². The fraction of sp³-hybridized carbons (Fsp3) is 0.526. The fourth-order valence-corrected chi connectivity index (χ4v) is 4.45. The van der Waals surface area contributed by atoms with Gasteiger partial charge in [-0.25, -0.2) is 0 Å². The maximum absolute atomic E-state index is 5.87. The van der Waals surface area contributed by atoms with Gasteiger partial charge in [-0.3, -0.25) is 0 Å². The highest BCUT2D eigenvalue weighted by molar-refractivity contribution is 6.30. The van der Waals surface area contributed by atoms with E-state index in [2.05, 4.69) is 150 Å². The molecule has 1 saturated heterocycles. The molecular weight excluding hydrogens is 562 g/mol. The number of nitrogens with one attached hydrogen (secondary N) is 3. The van der Waals surface area contributed by atoms with Crippen LogP contribution < -0.4 is 20.9 Å². The number of likely N-dealkylation sites (N-methyl/N-ethyl adjacent to an activating group) is 1. The van der Waals surface area contributed by atoms with Crippen LogP contribution in [0.15, 0.2) is 78.9 Å². The fourth-order valence-electron chi connectivity index (χ4n) is 4.23. The highest BCUT2D eigenvalue weighted by Crippen LogP contribution is 2.17. The summed E-state index contributed by atoms with van der Waals surface area (Å²) in [5.41, 5.74) is 5.81. The van der Waals surface area contributed by atoms with Crippen molar-refractivity contribution in [2.75, 3.05) is 38.1 Å². The average molecular weight is 622 g/mol. The molecule has 0 radical (unpaired) electrons. The molecule has 0 saturated carbocycles. The molecule has 1 aliphatic heterocycles. The van der Waals surface area contributed by atoms with Gasteiger partial charge in [0.2, 0.25) is 0 Å². The van der Waals surface area contributed by atoms with Gasteiger partial charge in [0.1, 0.15) is 0 Å². The predicted octanol–water partition coefficient (Wildman–Crippen LogP) is 8.13. The Balaban J connectivity index is 0.000000239. The van der Waals surface area contributed by atoms with Gasteiger partial charge in [-0.05, 0) is 110 Å². The Kier molecular flexibility index (Phi) is 15.4. The molecule has 4 rings (SSSR count). The van der Waals surface area contributed by atoms with Crippen molar-refractivity contribution in [1.82, 2.24) is 20.9 Å². The summed E-state index contributed by atoms with van der Waals surface area (Å²) in [6.07, 6.45) is 0. The van der Waals surface area contributed by atoms with E-state index < -0.39 is 0 Å². The van der Waals surface area contributed by atoms with E-state index in [1.807, 2.05) is 24.3 Å². The molecule has 0 amide bonds. The number of rotatable bonds is 7. The van der Waals surface area contributed by atoms with Crippen molar-refractivity contribution >= 4 is 17.3 Å². The second-order valence-corrected chi connectivity index (χ2v) is 15.3. The van der Waals surface area contributed by atoms with Gasteiger partial charge < -0.3 is 25.8 Å². The van der Waals surface area contributed by atoms with Crippen LogP contribution in [0.4, 0.5) is 5.69 Å². The van der Waals surface area contributed by atoms with Crippen molar-refractivity contribution in [3.05, 3.63) is 101 Å². The maximum atomic E-state index is 5.87. The molecule has 0 unspecified atom stereocenters. The Morgan fingerprint density at radius 3 is 1.43 bits per heavy atom. The third-order valence-electron chi connectivity index (χ3n) is 7.01. The highest BCUT2D eigenvalue weighted by atomic mass is 35.5. The standard InChI is InChI=1S/C16H27N3.C11H16ClN.C11H17N/c1-16(2,3)17-13-14-5-7-15(8-6-14)19-11-9-18(4)10-12-19;1-11(2,3)13-8-9-5-4-6-10(12)7-9;1-11(2,3)12-9-10-7-5-4-6-8-10/h5-8,17H,9-13H2,1-4H3;4-7,13H,8H2,1-3H3;4-8,12H,9H2,1-3H3. The van der Waals surface area contributed by atoms with E-state index in [0.29, 0.717) is 0 Å². The van der Waals surface area contributed by atoms with Crippen LogP contribution >= 0.6 is 11.6 Å². The monoisotopic (exact) mass is 621 g/mol. The first-order valence-electron chi connectivity index (χ1n) is 16.0. The van der Waals surface area contributed by atoms with E-state index in [9.17, 15) is 0 Å². The van der Waals surface area contributed by atoms with Crippen molar-refractivity contribution in [2.45, 2.75) is 98.6 Å². The van der Waals surface area contributed by atoms with Crippen LogP contribution in [0.2, 0.25) is 5.02 Å². The van der Waals surface area contributed by atoms with Crippen LogP contribution in [0.25, 0.3) is 0 Å². The summed E-state index contributed by atoms with van der Waals surface area (Å²) in [7, 11) is 2.19. The third-order valence-corrected chi connectivity index (χ3v) is 7.24. The van der Waals surface area contributed by atoms with Crippen LogP contribution in [-0.4, -0.2) is 54.7 Å². The number of benzene rings is 3. The molecule has 3 N–H and O–H groups in total. The molecule has 1 heterocycles. The minimum absolute atomic E-state index is 0.155. The first kappa shape index (κ1) is 37.8. The van der Waals surface area contributed by atoms with E-state index in [1.165, 1.54) is 22.4 Å². The van der Waals surface area contributed by atoms with Gasteiger partial charge in [0, 0.05) is 73.1 Å². The summed E-state index contributed by atoms with van der Waals surface area (Å²) in [5.74, 6) is 0. The Morgan fingerprint density at radius 1 is 0.545 bits per heavy atom. The van der Waals surface area contributed by atoms with E-state index in [-0.39, 0.29) is 16.6 Å². The molecule has 0 bridgehead atoms. The molecule has 0 spiro atoms. The zero-order chi connectivity index (χ0) is 32.8. The number of halogens is 1. The van der Waals surface area contributed by atoms with Gasteiger partial charge in [-0.15, -0.1) is 0 Å². The molecule has 1 aliphatic rings. The molecule has 3 aromatic carbocycles. The van der Waals surface area contributed by atoms with Gasteiger partial charge in [0.15, 0.2) is 0 Å². The Hall–Kier alpha value is -2.41. The van der Waals surface area contributed by atoms with Gasteiger partial charge in [0.25, 0.3) is 0 Å². The first-order valence-corrected chi connectivity index (χ1v) is 16.4.